The van der Waals surface area contributed by atoms with Crippen LogP contribution in [0.1, 0.15) is 87.6 Å². The van der Waals surface area contributed by atoms with Crippen LogP contribution in [0.5, 0.6) is 0 Å². The van der Waals surface area contributed by atoms with E-state index in [0.29, 0.717) is 18.3 Å². The molecule has 0 radical (unpaired) electrons. The van der Waals surface area contributed by atoms with Crippen molar-refractivity contribution in [3.8, 4) is 0 Å². The van der Waals surface area contributed by atoms with Crippen LogP contribution in [-0.2, 0) is 11.2 Å². The second kappa shape index (κ2) is 8.00. The van der Waals surface area contributed by atoms with E-state index in [1.807, 2.05) is 24.3 Å². The smallest absolute Gasteiger partial charge is 0.220 e. The van der Waals surface area contributed by atoms with Crippen molar-refractivity contribution in [2.75, 3.05) is 0 Å². The Morgan fingerprint density at radius 1 is 1.00 bits per heavy atom. The lowest BCUT2D eigenvalue weighted by molar-refractivity contribution is -0.125. The van der Waals surface area contributed by atoms with Gasteiger partial charge in [-0.15, -0.1) is 0 Å². The van der Waals surface area contributed by atoms with Gasteiger partial charge in [-0.3, -0.25) is 9.59 Å². The highest BCUT2D eigenvalue weighted by Crippen LogP contribution is 2.61. The summed E-state index contributed by atoms with van der Waals surface area (Å²) in [7, 11) is 0. The molecule has 0 saturated heterocycles. The summed E-state index contributed by atoms with van der Waals surface area (Å²) in [4.78, 5) is 25.0. The van der Waals surface area contributed by atoms with Crippen LogP contribution in [0, 0.1) is 23.2 Å². The highest BCUT2D eigenvalue weighted by Gasteiger charge is 2.53. The maximum absolute atomic E-state index is 12.6. The fourth-order valence-electron chi connectivity index (χ4n) is 6.69. The van der Waals surface area contributed by atoms with Gasteiger partial charge in [0.25, 0.3) is 0 Å². The zero-order chi connectivity index (χ0) is 19.7. The lowest BCUT2D eigenvalue weighted by Crippen LogP contribution is -2.55. The molecule has 0 spiro atoms. The molecule has 0 heterocycles. The van der Waals surface area contributed by atoms with Gasteiger partial charge >= 0.3 is 0 Å². The molecule has 1 atom stereocenters. The number of amides is 1. The molecule has 0 aromatic heterocycles. The third kappa shape index (κ3) is 4.04. The van der Waals surface area contributed by atoms with Gasteiger partial charge in [0.1, 0.15) is 0 Å². The molecule has 0 unspecified atom stereocenters. The molecule has 4 aliphatic rings. The first kappa shape index (κ1) is 19.7. The number of carbonyl (C=O) groups excluding carboxylic acids is 2. The predicted molar refractivity (Wildman–Crippen MR) is 112 cm³/mol. The zero-order valence-electron chi connectivity index (χ0n) is 17.5. The van der Waals surface area contributed by atoms with Crippen LogP contribution >= 0.6 is 0 Å². The molecule has 4 saturated carbocycles. The Morgan fingerprint density at radius 2 is 1.57 bits per heavy atom. The molecule has 5 rings (SSSR count). The molecule has 4 fully saturated rings. The van der Waals surface area contributed by atoms with Gasteiger partial charge in [0.2, 0.25) is 5.91 Å². The minimum atomic E-state index is 0.0409. The van der Waals surface area contributed by atoms with E-state index in [1.54, 1.807) is 0 Å². The average Bonchev–Trinajstić information content (AvgIpc) is 2.66. The van der Waals surface area contributed by atoms with Gasteiger partial charge in [0, 0.05) is 24.4 Å². The molecule has 0 aliphatic heterocycles. The molecule has 3 heteroatoms. The minimum Gasteiger partial charge on any atom is -0.353 e. The normalized spacial score (nSPS) is 31.6. The number of ketones is 1. The van der Waals surface area contributed by atoms with Crippen molar-refractivity contribution in [1.82, 2.24) is 5.32 Å². The first-order valence-corrected chi connectivity index (χ1v) is 11.4. The van der Waals surface area contributed by atoms with Gasteiger partial charge in [0.15, 0.2) is 5.78 Å². The Balaban J connectivity index is 1.28. The Morgan fingerprint density at radius 3 is 2.11 bits per heavy atom. The number of carbonyl (C=O) groups is 2. The van der Waals surface area contributed by atoms with E-state index in [-0.39, 0.29) is 17.7 Å². The topological polar surface area (TPSA) is 46.2 Å². The number of aryl methyl sites for hydroxylation is 1. The molecular formula is C25H35NO2. The number of benzene rings is 1. The lowest BCUT2D eigenvalue weighted by Gasteiger charge is -2.59. The van der Waals surface area contributed by atoms with Gasteiger partial charge < -0.3 is 5.32 Å². The Kier molecular flexibility index (Phi) is 5.62. The molecule has 4 bridgehead atoms. The second-order valence-electron chi connectivity index (χ2n) is 9.94. The third-order valence-corrected chi connectivity index (χ3v) is 7.78. The highest BCUT2D eigenvalue weighted by molar-refractivity contribution is 5.98. The van der Waals surface area contributed by atoms with Crippen molar-refractivity contribution in [1.29, 1.82) is 0 Å². The van der Waals surface area contributed by atoms with Crippen molar-refractivity contribution >= 4 is 11.7 Å². The van der Waals surface area contributed by atoms with Gasteiger partial charge in [-0.25, -0.2) is 0 Å². The van der Waals surface area contributed by atoms with Crippen molar-refractivity contribution in [2.45, 2.75) is 84.1 Å². The van der Waals surface area contributed by atoms with E-state index < -0.39 is 0 Å². The summed E-state index contributed by atoms with van der Waals surface area (Å²) in [6, 6.07) is 8.11. The second-order valence-corrected chi connectivity index (χ2v) is 9.94. The molecular weight excluding hydrogens is 346 g/mol. The zero-order valence-corrected chi connectivity index (χ0v) is 17.5. The van der Waals surface area contributed by atoms with E-state index in [4.69, 9.17) is 0 Å². The largest absolute Gasteiger partial charge is 0.353 e. The van der Waals surface area contributed by atoms with Gasteiger partial charge in [-0.05, 0) is 80.6 Å². The summed E-state index contributed by atoms with van der Waals surface area (Å²) in [5.74, 6) is 2.79. The first-order valence-electron chi connectivity index (χ1n) is 11.4. The molecule has 3 nitrogen and oxygen atoms in total. The average molecular weight is 382 g/mol. The van der Waals surface area contributed by atoms with Crippen molar-refractivity contribution in [3.05, 3.63) is 35.4 Å². The SMILES string of the molecule is CCCc1ccc(C(=O)CCC(=O)N[C@H](C)C23CC4CC(CC(C4)C2)C3)cc1. The third-order valence-electron chi connectivity index (χ3n) is 7.78. The van der Waals surface area contributed by atoms with Crippen LogP contribution in [0.4, 0.5) is 0 Å². The Hall–Kier alpha value is -1.64. The number of Topliss-reactive ketones (excluding diaryl/α,β-unsaturated/α-hetero) is 1. The Bertz CT molecular complexity index is 685. The summed E-state index contributed by atoms with van der Waals surface area (Å²) in [6.07, 6.45) is 10.9. The number of rotatable bonds is 8. The van der Waals surface area contributed by atoms with Crippen LogP contribution < -0.4 is 5.32 Å². The standard InChI is InChI=1S/C25H35NO2/c1-3-4-18-5-7-22(8-6-18)23(27)9-10-24(28)26-17(2)25-14-19-11-20(15-25)13-21(12-19)16-25/h5-8,17,19-21H,3-4,9-16H2,1-2H3,(H,26,28)/t17-,19?,20?,21?,25?/m1/s1. The van der Waals surface area contributed by atoms with Crippen LogP contribution in [0.2, 0.25) is 0 Å². The summed E-state index contributed by atoms with van der Waals surface area (Å²) in [5, 5.41) is 3.28. The first-order chi connectivity index (χ1) is 13.5. The van der Waals surface area contributed by atoms with Gasteiger partial charge in [0.05, 0.1) is 0 Å². The molecule has 1 aromatic carbocycles. The van der Waals surface area contributed by atoms with Crippen LogP contribution in [-0.4, -0.2) is 17.7 Å². The van der Waals surface area contributed by atoms with E-state index in [2.05, 4.69) is 19.2 Å². The molecule has 152 valence electrons. The Labute approximate surface area is 169 Å². The van der Waals surface area contributed by atoms with E-state index in [9.17, 15) is 9.59 Å². The molecule has 1 N–H and O–H groups in total. The van der Waals surface area contributed by atoms with E-state index in [1.165, 1.54) is 44.1 Å². The maximum atomic E-state index is 12.6. The fourth-order valence-corrected chi connectivity index (χ4v) is 6.69. The number of nitrogens with one attached hydrogen (secondary N) is 1. The van der Waals surface area contributed by atoms with Gasteiger partial charge in [-0.1, -0.05) is 37.6 Å². The molecule has 1 aromatic rings. The predicted octanol–water partition coefficient (Wildman–Crippen LogP) is 5.32. The monoisotopic (exact) mass is 381 g/mol. The van der Waals surface area contributed by atoms with Crippen molar-refractivity contribution in [2.24, 2.45) is 23.2 Å². The number of hydrogen-bond acceptors (Lipinski definition) is 2. The maximum Gasteiger partial charge on any atom is 0.220 e. The minimum absolute atomic E-state index is 0.0409. The highest BCUT2D eigenvalue weighted by atomic mass is 16.2. The van der Waals surface area contributed by atoms with E-state index >= 15 is 0 Å². The quantitative estimate of drug-likeness (QED) is 0.619. The molecule has 1 amide bonds. The summed E-state index contributed by atoms with van der Waals surface area (Å²) in [5.41, 5.74) is 2.31. The van der Waals surface area contributed by atoms with Crippen molar-refractivity contribution < 1.29 is 9.59 Å². The van der Waals surface area contributed by atoms with E-state index in [0.717, 1.165) is 36.2 Å². The van der Waals surface area contributed by atoms with Crippen LogP contribution in [0.15, 0.2) is 24.3 Å². The summed E-state index contributed by atoms with van der Waals surface area (Å²) in [6.45, 7) is 4.36. The van der Waals surface area contributed by atoms with Crippen molar-refractivity contribution in [3.63, 3.8) is 0 Å². The number of hydrogen-bond donors (Lipinski definition) is 1. The van der Waals surface area contributed by atoms with Crippen LogP contribution in [0.25, 0.3) is 0 Å². The lowest BCUT2D eigenvalue weighted by atomic mass is 9.48. The van der Waals surface area contributed by atoms with Crippen LogP contribution in [0.3, 0.4) is 0 Å². The summed E-state index contributed by atoms with van der Waals surface area (Å²) >= 11 is 0. The fraction of sp³-hybridized carbons (Fsp3) is 0.680. The van der Waals surface area contributed by atoms with Gasteiger partial charge in [-0.2, -0.15) is 0 Å². The molecule has 28 heavy (non-hydrogen) atoms. The molecule has 4 aliphatic carbocycles. The summed E-state index contributed by atoms with van der Waals surface area (Å²) < 4.78 is 0.